The van der Waals surface area contributed by atoms with Gasteiger partial charge in [0, 0.05) is 22.3 Å². The van der Waals surface area contributed by atoms with E-state index in [0.717, 1.165) is 72.8 Å². The highest BCUT2D eigenvalue weighted by atomic mass is 14.8. The number of hydrogen-bond acceptors (Lipinski definition) is 4. The van der Waals surface area contributed by atoms with Crippen LogP contribution in [0.5, 0.6) is 0 Å². The Morgan fingerprint density at radius 2 is 0.714 bits per heavy atom. The maximum absolute atomic E-state index is 9.68. The second kappa shape index (κ2) is 16.3. The second-order valence-corrected chi connectivity index (χ2v) is 13.2. The summed E-state index contributed by atoms with van der Waals surface area (Å²) >= 11 is 0. The van der Waals surface area contributed by atoms with Gasteiger partial charge in [-0.2, -0.15) is 5.26 Å². The van der Waals surface area contributed by atoms with Crippen LogP contribution < -0.4 is 0 Å². The van der Waals surface area contributed by atoms with Gasteiger partial charge < -0.3 is 0 Å². The maximum atomic E-state index is 9.68. The Morgan fingerprint density at radius 1 is 0.321 bits per heavy atom. The number of hydrogen-bond donors (Lipinski definition) is 0. The highest BCUT2D eigenvalue weighted by Crippen LogP contribution is 2.36. The summed E-state index contributed by atoms with van der Waals surface area (Å²) in [5.41, 5.74) is 16.0. The molecule has 0 bridgehead atoms. The number of nitriles is 1. The SMILES string of the molecule is CC.N#Cc1cccc(-c2nc3ccccc3nc2-c2cccc(-c3cc(-c4ccc(-c5ccccc5)cc4)cc(-c4ccc(-c5ccccc5)cc4)n3)c2)c1. The number of fused-ring (bicyclic) bond motifs is 1. The molecule has 4 nitrogen and oxygen atoms in total. The third-order valence-electron chi connectivity index (χ3n) is 9.71. The molecule has 0 N–H and O–H groups in total. The molecule has 2 aromatic heterocycles. The summed E-state index contributed by atoms with van der Waals surface area (Å²) in [6, 6.07) is 68.6. The highest BCUT2D eigenvalue weighted by molar-refractivity contribution is 5.88. The third-order valence-corrected chi connectivity index (χ3v) is 9.71. The summed E-state index contributed by atoms with van der Waals surface area (Å²) in [5, 5.41) is 9.68. The van der Waals surface area contributed by atoms with Crippen LogP contribution in [0.25, 0.3) is 89.4 Å². The molecule has 0 aliphatic carbocycles. The van der Waals surface area contributed by atoms with Crippen molar-refractivity contribution in [1.29, 1.82) is 5.26 Å². The summed E-state index contributed by atoms with van der Waals surface area (Å²) < 4.78 is 0. The number of aromatic nitrogens is 3. The second-order valence-electron chi connectivity index (χ2n) is 13.2. The normalized spacial score (nSPS) is 10.7. The molecule has 0 atom stereocenters. The molecule has 0 aliphatic heterocycles. The highest BCUT2D eigenvalue weighted by Gasteiger charge is 2.16. The standard InChI is InChI=1S/C50H32N4.C2H6/c51-33-34-11-9-17-42(29-34)49-50(54-46-20-8-7-19-45(46)53-49)43-18-10-16-41(30-43)48-32-44(39-23-21-37(22-24-39)35-12-3-1-4-13-35)31-47(52-48)40-27-25-38(26-28-40)36-14-5-2-6-15-36;1-2/h1-32H;1-2H3. The van der Waals surface area contributed by atoms with Gasteiger partial charge in [0.2, 0.25) is 0 Å². The van der Waals surface area contributed by atoms with E-state index in [9.17, 15) is 5.26 Å². The van der Waals surface area contributed by atoms with Crippen LogP contribution in [-0.2, 0) is 0 Å². The van der Waals surface area contributed by atoms with Crippen LogP contribution in [-0.4, -0.2) is 15.0 Å². The third kappa shape index (κ3) is 7.48. The quantitative estimate of drug-likeness (QED) is 0.165. The number of para-hydroxylation sites is 2. The van der Waals surface area contributed by atoms with Crippen molar-refractivity contribution < 1.29 is 0 Å². The lowest BCUT2D eigenvalue weighted by molar-refractivity contribution is 1.29. The fraction of sp³-hybridized carbons (Fsp3) is 0.0385. The average molecular weight is 719 g/mol. The van der Waals surface area contributed by atoms with E-state index in [1.807, 2.05) is 74.5 Å². The van der Waals surface area contributed by atoms with Gasteiger partial charge in [-0.25, -0.2) is 15.0 Å². The molecular weight excluding hydrogens is 681 g/mol. The predicted molar refractivity (Wildman–Crippen MR) is 231 cm³/mol. The van der Waals surface area contributed by atoms with Crippen molar-refractivity contribution in [2.75, 3.05) is 0 Å². The van der Waals surface area contributed by atoms with Crippen LogP contribution in [0.4, 0.5) is 0 Å². The summed E-state index contributed by atoms with van der Waals surface area (Å²) in [6.45, 7) is 4.00. The van der Waals surface area contributed by atoms with Crippen molar-refractivity contribution in [2.45, 2.75) is 13.8 Å². The van der Waals surface area contributed by atoms with Gasteiger partial charge in [0.05, 0.1) is 45.4 Å². The Morgan fingerprint density at radius 3 is 1.25 bits per heavy atom. The molecule has 9 aromatic rings. The monoisotopic (exact) mass is 718 g/mol. The smallest absolute Gasteiger partial charge is 0.0991 e. The van der Waals surface area contributed by atoms with Crippen LogP contribution in [0.3, 0.4) is 0 Å². The van der Waals surface area contributed by atoms with E-state index in [4.69, 9.17) is 15.0 Å². The van der Waals surface area contributed by atoms with E-state index in [2.05, 4.69) is 133 Å². The minimum atomic E-state index is 0.573. The van der Waals surface area contributed by atoms with Crippen molar-refractivity contribution in [2.24, 2.45) is 0 Å². The van der Waals surface area contributed by atoms with Crippen molar-refractivity contribution >= 4 is 11.0 Å². The lowest BCUT2D eigenvalue weighted by atomic mass is 9.96. The predicted octanol–water partition coefficient (Wildman–Crippen LogP) is 13.6. The fourth-order valence-electron chi connectivity index (χ4n) is 6.91. The van der Waals surface area contributed by atoms with Gasteiger partial charge >= 0.3 is 0 Å². The molecule has 0 fully saturated rings. The van der Waals surface area contributed by atoms with E-state index in [1.54, 1.807) is 6.07 Å². The summed E-state index contributed by atoms with van der Waals surface area (Å²) in [7, 11) is 0. The Balaban J connectivity index is 0.00000217. The van der Waals surface area contributed by atoms with Crippen molar-refractivity contribution in [3.8, 4) is 84.5 Å². The van der Waals surface area contributed by atoms with E-state index < -0.39 is 0 Å². The van der Waals surface area contributed by atoms with Crippen molar-refractivity contribution in [3.05, 3.63) is 200 Å². The van der Waals surface area contributed by atoms with Gasteiger partial charge in [-0.05, 0) is 75.8 Å². The molecular formula is C52H38N4. The van der Waals surface area contributed by atoms with Crippen LogP contribution in [0.2, 0.25) is 0 Å². The van der Waals surface area contributed by atoms with Crippen LogP contribution in [0, 0.1) is 11.3 Å². The fourth-order valence-corrected chi connectivity index (χ4v) is 6.91. The maximum Gasteiger partial charge on any atom is 0.0991 e. The van der Waals surface area contributed by atoms with E-state index in [1.165, 1.54) is 16.7 Å². The van der Waals surface area contributed by atoms with Crippen molar-refractivity contribution in [3.63, 3.8) is 0 Å². The number of nitrogens with zero attached hydrogens (tertiary/aromatic N) is 4. The van der Waals surface area contributed by atoms with Gasteiger partial charge in [0.1, 0.15) is 0 Å². The molecule has 0 spiro atoms. The van der Waals surface area contributed by atoms with Gasteiger partial charge in [-0.1, -0.05) is 166 Å². The molecule has 56 heavy (non-hydrogen) atoms. The van der Waals surface area contributed by atoms with Crippen LogP contribution in [0.1, 0.15) is 19.4 Å². The summed E-state index contributed by atoms with van der Waals surface area (Å²) in [5.74, 6) is 0. The summed E-state index contributed by atoms with van der Waals surface area (Å²) in [4.78, 5) is 15.5. The molecule has 0 saturated carbocycles. The lowest BCUT2D eigenvalue weighted by Gasteiger charge is -2.14. The molecule has 0 radical (unpaired) electrons. The zero-order valence-electron chi connectivity index (χ0n) is 31.3. The molecule has 0 aliphatic rings. The minimum Gasteiger partial charge on any atom is -0.248 e. The molecule has 266 valence electrons. The topological polar surface area (TPSA) is 62.5 Å². The first kappa shape index (κ1) is 35.5. The molecule has 0 unspecified atom stereocenters. The van der Waals surface area contributed by atoms with Crippen LogP contribution >= 0.6 is 0 Å². The zero-order valence-corrected chi connectivity index (χ0v) is 31.3. The van der Waals surface area contributed by atoms with Gasteiger partial charge in [0.25, 0.3) is 0 Å². The minimum absolute atomic E-state index is 0.573. The molecule has 7 aromatic carbocycles. The van der Waals surface area contributed by atoms with E-state index in [0.29, 0.717) is 5.56 Å². The molecule has 0 saturated heterocycles. The van der Waals surface area contributed by atoms with Gasteiger partial charge in [-0.15, -0.1) is 0 Å². The lowest BCUT2D eigenvalue weighted by Crippen LogP contribution is -1.96. The molecule has 9 rings (SSSR count). The first-order valence-corrected chi connectivity index (χ1v) is 18.9. The first-order valence-electron chi connectivity index (χ1n) is 18.9. The van der Waals surface area contributed by atoms with E-state index in [-0.39, 0.29) is 0 Å². The number of pyridine rings is 1. The molecule has 4 heteroatoms. The zero-order chi connectivity index (χ0) is 38.3. The Kier molecular flexibility index (Phi) is 10.3. The Labute approximate surface area is 328 Å². The number of rotatable bonds is 7. The molecule has 2 heterocycles. The van der Waals surface area contributed by atoms with Gasteiger partial charge in [0.15, 0.2) is 0 Å². The molecule has 0 amide bonds. The van der Waals surface area contributed by atoms with Crippen molar-refractivity contribution in [1.82, 2.24) is 15.0 Å². The summed E-state index contributed by atoms with van der Waals surface area (Å²) in [6.07, 6.45) is 0. The largest absolute Gasteiger partial charge is 0.248 e. The van der Waals surface area contributed by atoms with Crippen LogP contribution in [0.15, 0.2) is 194 Å². The van der Waals surface area contributed by atoms with E-state index >= 15 is 0 Å². The Bertz CT molecular complexity index is 2700. The first-order chi connectivity index (χ1) is 27.7. The number of benzene rings is 7. The van der Waals surface area contributed by atoms with Gasteiger partial charge in [-0.3, -0.25) is 0 Å². The Hall–Kier alpha value is -7.48. The average Bonchev–Trinajstić information content (AvgIpc) is 3.30.